The molecule has 1 rings (SSSR count). The Balaban J connectivity index is 2.83. The molecule has 0 saturated carbocycles. The summed E-state index contributed by atoms with van der Waals surface area (Å²) in [4.78, 5) is 2.14. The second-order valence-corrected chi connectivity index (χ2v) is 3.60. The van der Waals surface area contributed by atoms with Crippen molar-refractivity contribution in [1.82, 2.24) is 0 Å². The molecule has 0 fully saturated rings. The molecule has 0 aliphatic heterocycles. The zero-order valence-electron chi connectivity index (χ0n) is 9.40. The summed E-state index contributed by atoms with van der Waals surface area (Å²) in [5, 5.41) is 0. The summed E-state index contributed by atoms with van der Waals surface area (Å²) in [6, 6.07) is 8.33. The molecule has 0 saturated heterocycles. The molecular weight excluding hydrogens is 184 g/mol. The van der Waals surface area contributed by atoms with Crippen LogP contribution in [0.3, 0.4) is 0 Å². The van der Waals surface area contributed by atoms with Crippen LogP contribution < -0.4 is 10.6 Å². The maximum Gasteiger partial charge on any atom is 0.0791 e. The highest BCUT2D eigenvalue weighted by Crippen LogP contribution is 2.17. The lowest BCUT2D eigenvalue weighted by Gasteiger charge is -2.20. The summed E-state index contributed by atoms with van der Waals surface area (Å²) in [5.74, 6) is 2.66. The van der Waals surface area contributed by atoms with E-state index in [1.54, 1.807) is 0 Å². The van der Waals surface area contributed by atoms with Crippen LogP contribution in [-0.2, 0) is 0 Å². The predicted octanol–water partition coefficient (Wildman–Crippen LogP) is 2.17. The summed E-state index contributed by atoms with van der Waals surface area (Å²) in [6.07, 6.45) is 5.31. The van der Waals surface area contributed by atoms with Crippen molar-refractivity contribution in [3.63, 3.8) is 0 Å². The molecule has 15 heavy (non-hydrogen) atoms. The van der Waals surface area contributed by atoms with Crippen molar-refractivity contribution in [1.29, 1.82) is 0 Å². The van der Waals surface area contributed by atoms with Gasteiger partial charge in [0.1, 0.15) is 0 Å². The third-order valence-electron chi connectivity index (χ3n) is 2.45. The lowest BCUT2D eigenvalue weighted by Crippen LogP contribution is -2.22. The quantitative estimate of drug-likeness (QED) is 0.758. The predicted molar refractivity (Wildman–Crippen MR) is 65.8 cm³/mol. The van der Waals surface area contributed by atoms with E-state index in [0.717, 1.165) is 17.8 Å². The van der Waals surface area contributed by atoms with Crippen molar-refractivity contribution in [2.24, 2.45) is 5.73 Å². The van der Waals surface area contributed by atoms with Gasteiger partial charge in [0.15, 0.2) is 0 Å². The zero-order valence-corrected chi connectivity index (χ0v) is 9.40. The molecule has 0 spiro atoms. The third kappa shape index (κ3) is 3.00. The average Bonchev–Trinajstić information content (AvgIpc) is 2.26. The van der Waals surface area contributed by atoms with Gasteiger partial charge in [-0.25, -0.2) is 0 Å². The summed E-state index contributed by atoms with van der Waals surface area (Å²) < 4.78 is 0. The number of hydrogen-bond acceptors (Lipinski definition) is 2. The SMILES string of the molecule is C#CCN(CC)c1ccc([C@H](C)N)cc1. The van der Waals surface area contributed by atoms with Gasteiger partial charge in [0.05, 0.1) is 6.54 Å². The number of benzene rings is 1. The van der Waals surface area contributed by atoms with Crippen LogP contribution in [0, 0.1) is 12.3 Å². The molecule has 2 heteroatoms. The smallest absolute Gasteiger partial charge is 0.0791 e. The van der Waals surface area contributed by atoms with Gasteiger partial charge in [-0.15, -0.1) is 6.42 Å². The molecule has 2 nitrogen and oxygen atoms in total. The summed E-state index contributed by atoms with van der Waals surface area (Å²) >= 11 is 0. The highest BCUT2D eigenvalue weighted by molar-refractivity contribution is 5.48. The first-order chi connectivity index (χ1) is 7.19. The minimum atomic E-state index is 0.0850. The minimum absolute atomic E-state index is 0.0850. The maximum absolute atomic E-state index is 5.79. The Morgan fingerprint density at radius 3 is 2.40 bits per heavy atom. The van der Waals surface area contributed by atoms with Crippen molar-refractivity contribution in [3.8, 4) is 12.3 Å². The number of terminal acetylenes is 1. The van der Waals surface area contributed by atoms with Crippen LogP contribution in [0.5, 0.6) is 0 Å². The van der Waals surface area contributed by atoms with E-state index < -0.39 is 0 Å². The van der Waals surface area contributed by atoms with E-state index in [0.29, 0.717) is 6.54 Å². The second kappa shape index (κ2) is 5.43. The molecule has 0 radical (unpaired) electrons. The molecule has 0 heterocycles. The van der Waals surface area contributed by atoms with Gasteiger partial charge in [-0.3, -0.25) is 0 Å². The Bertz CT molecular complexity index is 333. The standard InChI is InChI=1S/C13H18N2/c1-4-10-15(5-2)13-8-6-12(7-9-13)11(3)14/h1,6-9,11H,5,10,14H2,2-3H3/t11-/m0/s1. The Morgan fingerprint density at radius 2 is 2.00 bits per heavy atom. The van der Waals surface area contributed by atoms with Gasteiger partial charge in [0.25, 0.3) is 0 Å². The molecule has 0 aliphatic carbocycles. The van der Waals surface area contributed by atoms with E-state index in [2.05, 4.69) is 42.0 Å². The van der Waals surface area contributed by atoms with Crippen LogP contribution in [0.15, 0.2) is 24.3 Å². The van der Waals surface area contributed by atoms with Gasteiger partial charge in [0, 0.05) is 18.3 Å². The highest BCUT2D eigenvalue weighted by atomic mass is 15.1. The maximum atomic E-state index is 5.79. The Kier molecular flexibility index (Phi) is 4.20. The number of anilines is 1. The van der Waals surface area contributed by atoms with Crippen molar-refractivity contribution in [2.75, 3.05) is 18.0 Å². The fraction of sp³-hybridized carbons (Fsp3) is 0.385. The van der Waals surface area contributed by atoms with E-state index in [1.807, 2.05) is 6.92 Å². The van der Waals surface area contributed by atoms with Crippen LogP contribution in [0.4, 0.5) is 5.69 Å². The molecule has 1 aromatic rings. The summed E-state index contributed by atoms with van der Waals surface area (Å²) in [5.41, 5.74) is 8.09. The largest absolute Gasteiger partial charge is 0.361 e. The van der Waals surface area contributed by atoms with E-state index in [9.17, 15) is 0 Å². The van der Waals surface area contributed by atoms with Gasteiger partial charge in [0.2, 0.25) is 0 Å². The molecule has 80 valence electrons. The lowest BCUT2D eigenvalue weighted by atomic mass is 10.1. The number of nitrogens with zero attached hydrogens (tertiary/aromatic N) is 1. The molecule has 1 aromatic carbocycles. The molecule has 2 N–H and O–H groups in total. The first kappa shape index (κ1) is 11.6. The van der Waals surface area contributed by atoms with Crippen LogP contribution >= 0.6 is 0 Å². The molecule has 0 bridgehead atoms. The third-order valence-corrected chi connectivity index (χ3v) is 2.45. The first-order valence-corrected chi connectivity index (χ1v) is 5.23. The van der Waals surface area contributed by atoms with Crippen molar-refractivity contribution < 1.29 is 0 Å². The monoisotopic (exact) mass is 202 g/mol. The van der Waals surface area contributed by atoms with Gasteiger partial charge < -0.3 is 10.6 Å². The first-order valence-electron chi connectivity index (χ1n) is 5.23. The van der Waals surface area contributed by atoms with E-state index in [1.165, 1.54) is 0 Å². The molecule has 0 amide bonds. The summed E-state index contributed by atoms with van der Waals surface area (Å²) in [7, 11) is 0. The Morgan fingerprint density at radius 1 is 1.40 bits per heavy atom. The van der Waals surface area contributed by atoms with Gasteiger partial charge in [-0.2, -0.15) is 0 Å². The molecule has 0 aromatic heterocycles. The Labute approximate surface area is 92.1 Å². The van der Waals surface area contributed by atoms with Crippen molar-refractivity contribution in [2.45, 2.75) is 19.9 Å². The van der Waals surface area contributed by atoms with E-state index in [-0.39, 0.29) is 6.04 Å². The topological polar surface area (TPSA) is 29.3 Å². The normalized spacial score (nSPS) is 11.9. The lowest BCUT2D eigenvalue weighted by molar-refractivity contribution is 0.817. The number of nitrogens with two attached hydrogens (primary N) is 1. The fourth-order valence-corrected chi connectivity index (χ4v) is 1.48. The van der Waals surface area contributed by atoms with Gasteiger partial charge in [-0.1, -0.05) is 18.1 Å². The van der Waals surface area contributed by atoms with E-state index in [4.69, 9.17) is 12.2 Å². The number of rotatable bonds is 4. The van der Waals surface area contributed by atoms with Crippen LogP contribution in [0.2, 0.25) is 0 Å². The van der Waals surface area contributed by atoms with Crippen molar-refractivity contribution in [3.05, 3.63) is 29.8 Å². The van der Waals surface area contributed by atoms with Crippen LogP contribution in [0.25, 0.3) is 0 Å². The van der Waals surface area contributed by atoms with E-state index >= 15 is 0 Å². The number of hydrogen-bond donors (Lipinski definition) is 1. The summed E-state index contributed by atoms with van der Waals surface area (Å²) in [6.45, 7) is 5.64. The molecule has 0 unspecified atom stereocenters. The Hall–Kier alpha value is -1.46. The average molecular weight is 202 g/mol. The van der Waals surface area contributed by atoms with Gasteiger partial charge in [-0.05, 0) is 31.5 Å². The van der Waals surface area contributed by atoms with Crippen molar-refractivity contribution >= 4 is 5.69 Å². The van der Waals surface area contributed by atoms with Crippen LogP contribution in [-0.4, -0.2) is 13.1 Å². The minimum Gasteiger partial charge on any atom is -0.361 e. The van der Waals surface area contributed by atoms with Gasteiger partial charge >= 0.3 is 0 Å². The fourth-order valence-electron chi connectivity index (χ4n) is 1.48. The highest BCUT2D eigenvalue weighted by Gasteiger charge is 2.03. The zero-order chi connectivity index (χ0) is 11.3. The second-order valence-electron chi connectivity index (χ2n) is 3.60. The molecule has 1 atom stereocenters. The van der Waals surface area contributed by atoms with Crippen LogP contribution in [0.1, 0.15) is 25.5 Å². The molecular formula is C13H18N2. The molecule has 0 aliphatic rings.